The van der Waals surface area contributed by atoms with Gasteiger partial charge in [0.15, 0.2) is 17.0 Å². The highest BCUT2D eigenvalue weighted by Gasteiger charge is 2.36. The molecule has 0 atom stereocenters. The largest absolute Gasteiger partial charge is 0.433 e. The molecule has 6 nitrogen and oxygen atoms in total. The van der Waals surface area contributed by atoms with E-state index < -0.39 is 17.8 Å². The van der Waals surface area contributed by atoms with Gasteiger partial charge >= 0.3 is 6.18 Å². The maximum atomic E-state index is 13.7. The highest BCUT2D eigenvalue weighted by atomic mass is 35.5. The van der Waals surface area contributed by atoms with E-state index in [2.05, 4.69) is 10.1 Å². The molecular formula is C19H17Cl2F3N5O+. The number of halogens is 5. The first kappa shape index (κ1) is 20.9. The van der Waals surface area contributed by atoms with Crippen molar-refractivity contribution < 1.29 is 22.9 Å². The Morgan fingerprint density at radius 3 is 2.43 bits per heavy atom. The summed E-state index contributed by atoms with van der Waals surface area (Å²) in [6, 6.07) is 6.62. The lowest BCUT2D eigenvalue weighted by atomic mass is 10.1. The van der Waals surface area contributed by atoms with Crippen molar-refractivity contribution in [2.24, 2.45) is 0 Å². The average molecular weight is 459 g/mol. The molecule has 0 saturated carbocycles. The number of quaternary nitrogens is 1. The molecule has 1 saturated heterocycles. The van der Waals surface area contributed by atoms with Crippen molar-refractivity contribution in [2.45, 2.75) is 6.18 Å². The Morgan fingerprint density at radius 2 is 1.80 bits per heavy atom. The third-order valence-electron chi connectivity index (χ3n) is 5.06. The summed E-state index contributed by atoms with van der Waals surface area (Å²) in [5.74, 6) is -0.405. The van der Waals surface area contributed by atoms with Crippen LogP contribution in [-0.4, -0.2) is 58.6 Å². The van der Waals surface area contributed by atoms with Gasteiger partial charge in [-0.2, -0.15) is 18.3 Å². The third-order valence-corrected chi connectivity index (χ3v) is 5.80. The fraction of sp³-hybridized carbons (Fsp3) is 0.316. The van der Waals surface area contributed by atoms with Crippen molar-refractivity contribution >= 4 is 34.8 Å². The molecule has 1 N–H and O–H groups in total. The highest BCUT2D eigenvalue weighted by Crippen LogP contribution is 2.34. The molecule has 3 heterocycles. The van der Waals surface area contributed by atoms with E-state index in [1.54, 1.807) is 4.90 Å². The first-order valence-corrected chi connectivity index (χ1v) is 9.93. The van der Waals surface area contributed by atoms with Crippen LogP contribution in [0, 0.1) is 0 Å². The van der Waals surface area contributed by atoms with Crippen LogP contribution >= 0.6 is 23.2 Å². The molecule has 158 valence electrons. The number of piperazine rings is 1. The maximum Gasteiger partial charge on any atom is 0.433 e. The van der Waals surface area contributed by atoms with Crippen LogP contribution < -0.4 is 4.90 Å². The van der Waals surface area contributed by atoms with E-state index in [-0.39, 0.29) is 27.1 Å². The molecule has 1 fully saturated rings. The SMILES string of the molecule is C[NH+]1CCN(C(=O)c2cc3nc(-c4ccc(Cl)c(Cl)c4)cc(C(F)(F)F)n3n2)CC1. The van der Waals surface area contributed by atoms with Crippen LogP contribution in [0.4, 0.5) is 13.2 Å². The van der Waals surface area contributed by atoms with E-state index in [4.69, 9.17) is 23.2 Å². The number of benzene rings is 1. The van der Waals surface area contributed by atoms with Crippen LogP contribution in [-0.2, 0) is 6.18 Å². The monoisotopic (exact) mass is 458 g/mol. The summed E-state index contributed by atoms with van der Waals surface area (Å²) in [7, 11) is 2.02. The lowest BCUT2D eigenvalue weighted by Crippen LogP contribution is -3.12. The summed E-state index contributed by atoms with van der Waals surface area (Å²) < 4.78 is 41.9. The Kier molecular flexibility index (Phi) is 5.37. The molecule has 3 aromatic rings. The number of hydrogen-bond donors (Lipinski definition) is 1. The number of nitrogens with one attached hydrogen (secondary N) is 1. The maximum absolute atomic E-state index is 13.7. The van der Waals surface area contributed by atoms with Crippen LogP contribution in [0.25, 0.3) is 16.9 Å². The van der Waals surface area contributed by atoms with Gasteiger partial charge in [0.2, 0.25) is 0 Å². The Bertz CT molecular complexity index is 1120. The van der Waals surface area contributed by atoms with E-state index in [0.717, 1.165) is 19.2 Å². The van der Waals surface area contributed by atoms with Crippen molar-refractivity contribution in [1.29, 1.82) is 0 Å². The Hall–Kier alpha value is -2.36. The first-order valence-electron chi connectivity index (χ1n) is 9.17. The normalized spacial score (nSPS) is 15.7. The summed E-state index contributed by atoms with van der Waals surface area (Å²) in [5, 5.41) is 4.41. The molecular weight excluding hydrogens is 442 g/mol. The topological polar surface area (TPSA) is 54.9 Å². The molecule has 0 aliphatic carbocycles. The quantitative estimate of drug-likeness (QED) is 0.642. The second-order valence-corrected chi connectivity index (χ2v) is 8.02. The molecule has 2 aromatic heterocycles. The number of amides is 1. The number of carbonyl (C=O) groups is 1. The second kappa shape index (κ2) is 7.72. The molecule has 4 rings (SSSR count). The lowest BCUT2D eigenvalue weighted by molar-refractivity contribution is -0.883. The predicted molar refractivity (Wildman–Crippen MR) is 106 cm³/mol. The van der Waals surface area contributed by atoms with Crippen molar-refractivity contribution in [2.75, 3.05) is 33.2 Å². The van der Waals surface area contributed by atoms with Gasteiger partial charge < -0.3 is 9.80 Å². The lowest BCUT2D eigenvalue weighted by Gasteiger charge is -2.29. The van der Waals surface area contributed by atoms with Crippen LogP contribution in [0.2, 0.25) is 10.0 Å². The van der Waals surface area contributed by atoms with Crippen molar-refractivity contribution in [3.63, 3.8) is 0 Å². The smallest absolute Gasteiger partial charge is 0.334 e. The minimum atomic E-state index is -4.70. The van der Waals surface area contributed by atoms with Gasteiger partial charge in [-0.05, 0) is 18.2 Å². The van der Waals surface area contributed by atoms with Crippen LogP contribution in [0.15, 0.2) is 30.3 Å². The molecule has 0 unspecified atom stereocenters. The number of likely N-dealkylation sites (N-methyl/N-ethyl adjacent to an activating group) is 1. The first-order chi connectivity index (χ1) is 14.1. The molecule has 1 aliphatic rings. The van der Waals surface area contributed by atoms with Crippen molar-refractivity contribution in [3.05, 3.63) is 51.8 Å². The molecule has 0 spiro atoms. The van der Waals surface area contributed by atoms with Gasteiger partial charge in [0.05, 0.1) is 49.0 Å². The molecule has 1 aromatic carbocycles. The predicted octanol–water partition coefficient (Wildman–Crippen LogP) is 2.69. The van der Waals surface area contributed by atoms with Crippen LogP contribution in [0.1, 0.15) is 16.2 Å². The van der Waals surface area contributed by atoms with Gasteiger partial charge in [-0.3, -0.25) is 4.79 Å². The van der Waals surface area contributed by atoms with Gasteiger partial charge in [0.1, 0.15) is 0 Å². The van der Waals surface area contributed by atoms with Gasteiger partial charge in [-0.25, -0.2) is 9.50 Å². The Balaban J connectivity index is 1.80. The zero-order valence-electron chi connectivity index (χ0n) is 15.8. The fourth-order valence-electron chi connectivity index (χ4n) is 3.34. The number of nitrogens with zero attached hydrogens (tertiary/aromatic N) is 4. The van der Waals surface area contributed by atoms with Gasteiger partial charge in [0, 0.05) is 11.6 Å². The van der Waals surface area contributed by atoms with E-state index in [1.807, 2.05) is 7.05 Å². The highest BCUT2D eigenvalue weighted by molar-refractivity contribution is 6.42. The summed E-state index contributed by atoms with van der Waals surface area (Å²) in [6.07, 6.45) is -4.70. The van der Waals surface area contributed by atoms with Gasteiger partial charge in [-0.1, -0.05) is 29.3 Å². The number of aromatic nitrogens is 3. The minimum absolute atomic E-state index is 0.0514. The molecule has 1 amide bonds. The molecule has 30 heavy (non-hydrogen) atoms. The van der Waals surface area contributed by atoms with Crippen molar-refractivity contribution in [3.8, 4) is 11.3 Å². The minimum Gasteiger partial charge on any atom is -0.334 e. The number of rotatable bonds is 2. The molecule has 0 radical (unpaired) electrons. The number of fused-ring (bicyclic) bond motifs is 1. The van der Waals surface area contributed by atoms with Gasteiger partial charge in [0.25, 0.3) is 5.91 Å². The second-order valence-electron chi connectivity index (χ2n) is 7.20. The standard InChI is InChI=1S/C19H16Cl2F3N5O/c1-27-4-6-28(7-5-27)18(30)15-10-17-25-14(11-2-3-12(20)13(21)8-11)9-16(19(22,23)24)29(17)26-15/h2-3,8-10H,4-7H2,1H3/p+1. The molecule has 0 bridgehead atoms. The summed E-state index contributed by atoms with van der Waals surface area (Å²) in [6.45, 7) is 2.58. The Labute approximate surface area is 179 Å². The zero-order valence-corrected chi connectivity index (χ0v) is 17.3. The summed E-state index contributed by atoms with van der Waals surface area (Å²) in [4.78, 5) is 19.9. The third kappa shape index (κ3) is 3.97. The molecule has 11 heteroatoms. The average Bonchev–Trinajstić information content (AvgIpc) is 3.12. The van der Waals surface area contributed by atoms with Crippen molar-refractivity contribution in [1.82, 2.24) is 19.5 Å². The van der Waals surface area contributed by atoms with Gasteiger partial charge in [-0.15, -0.1) is 0 Å². The van der Waals surface area contributed by atoms with E-state index >= 15 is 0 Å². The zero-order chi connectivity index (χ0) is 21.6. The van der Waals surface area contributed by atoms with E-state index in [1.165, 1.54) is 29.2 Å². The Morgan fingerprint density at radius 1 is 1.10 bits per heavy atom. The number of alkyl halides is 3. The summed E-state index contributed by atoms with van der Waals surface area (Å²) in [5.41, 5.74) is -0.757. The van der Waals surface area contributed by atoms with E-state index in [0.29, 0.717) is 23.2 Å². The summed E-state index contributed by atoms with van der Waals surface area (Å²) >= 11 is 11.9. The number of carbonyl (C=O) groups excluding carboxylic acids is 1. The van der Waals surface area contributed by atoms with E-state index in [9.17, 15) is 18.0 Å². The van der Waals surface area contributed by atoms with Crippen LogP contribution in [0.5, 0.6) is 0 Å². The van der Waals surface area contributed by atoms with Crippen LogP contribution in [0.3, 0.4) is 0 Å². The molecule has 1 aliphatic heterocycles. The number of hydrogen-bond acceptors (Lipinski definition) is 3. The fourth-order valence-corrected chi connectivity index (χ4v) is 3.64.